The molecule has 0 radical (unpaired) electrons. The molecule has 2 N–H and O–H groups in total. The topological polar surface area (TPSA) is 52.6 Å². The van der Waals surface area contributed by atoms with Crippen molar-refractivity contribution in [2.45, 2.75) is 19.4 Å². The Morgan fingerprint density at radius 1 is 1.59 bits per heavy atom. The fourth-order valence-corrected chi connectivity index (χ4v) is 1.80. The van der Waals surface area contributed by atoms with Crippen molar-refractivity contribution in [1.82, 2.24) is 4.90 Å². The van der Waals surface area contributed by atoms with Crippen molar-refractivity contribution in [3.63, 3.8) is 0 Å². The third-order valence-electron chi connectivity index (χ3n) is 2.87. The largest absolute Gasteiger partial charge is 0.391 e. The summed E-state index contributed by atoms with van der Waals surface area (Å²) in [6, 6.07) is 4.26. The lowest BCUT2D eigenvalue weighted by Gasteiger charge is -2.16. The van der Waals surface area contributed by atoms with Crippen LogP contribution in [0.15, 0.2) is 18.2 Å². The molecular formula is C12H15FN2O2. The summed E-state index contributed by atoms with van der Waals surface area (Å²) in [5, 5.41) is 11.9. The minimum Gasteiger partial charge on any atom is -0.391 e. The molecule has 1 aromatic rings. The van der Waals surface area contributed by atoms with Gasteiger partial charge in [-0.15, -0.1) is 0 Å². The summed E-state index contributed by atoms with van der Waals surface area (Å²) >= 11 is 0. The van der Waals surface area contributed by atoms with E-state index in [2.05, 4.69) is 5.32 Å². The maximum atomic E-state index is 13.3. The Kier molecular flexibility index (Phi) is 3.28. The molecule has 0 spiro atoms. The molecule has 4 nitrogen and oxygen atoms in total. The fraction of sp³-hybridized carbons (Fsp3) is 0.417. The standard InChI is InChI=1S/C12H15FN2O2/c1-8-2-3-9(6-11(8)13)14-12(17)15-5-4-10(16)7-15/h2-3,6,10,16H,4-5,7H2,1H3,(H,14,17)/t10-/m1/s1. The molecule has 2 amide bonds. The van der Waals surface area contributed by atoms with Gasteiger partial charge in [0.05, 0.1) is 6.10 Å². The van der Waals surface area contributed by atoms with E-state index in [0.29, 0.717) is 30.8 Å². The molecule has 5 heteroatoms. The van der Waals surface area contributed by atoms with Crippen LogP contribution in [0.1, 0.15) is 12.0 Å². The van der Waals surface area contributed by atoms with Gasteiger partial charge in [-0.25, -0.2) is 9.18 Å². The predicted octanol–water partition coefficient (Wildman–Crippen LogP) is 1.73. The van der Waals surface area contributed by atoms with E-state index in [1.54, 1.807) is 19.1 Å². The first-order valence-electron chi connectivity index (χ1n) is 5.56. The van der Waals surface area contributed by atoms with Gasteiger partial charge in [-0.2, -0.15) is 0 Å². The predicted molar refractivity (Wildman–Crippen MR) is 62.4 cm³/mol. The number of carbonyl (C=O) groups excluding carboxylic acids is 1. The van der Waals surface area contributed by atoms with Crippen LogP contribution in [0.25, 0.3) is 0 Å². The number of carbonyl (C=O) groups is 1. The first kappa shape index (κ1) is 11.9. The van der Waals surface area contributed by atoms with Crippen LogP contribution in [0.5, 0.6) is 0 Å². The number of amides is 2. The molecule has 0 aromatic heterocycles. The minimum atomic E-state index is -0.449. The molecule has 17 heavy (non-hydrogen) atoms. The van der Waals surface area contributed by atoms with Crippen LogP contribution in [0, 0.1) is 12.7 Å². The van der Waals surface area contributed by atoms with Gasteiger partial charge in [0.25, 0.3) is 0 Å². The molecule has 0 unspecified atom stereocenters. The average Bonchev–Trinajstić information content (AvgIpc) is 2.70. The Bertz CT molecular complexity index is 437. The Balaban J connectivity index is 2.00. The molecule has 1 aliphatic rings. The Labute approximate surface area is 99.0 Å². The second-order valence-electron chi connectivity index (χ2n) is 4.28. The lowest BCUT2D eigenvalue weighted by molar-refractivity contribution is 0.176. The van der Waals surface area contributed by atoms with E-state index in [1.807, 2.05) is 0 Å². The van der Waals surface area contributed by atoms with Crippen molar-refractivity contribution in [3.05, 3.63) is 29.6 Å². The summed E-state index contributed by atoms with van der Waals surface area (Å²) in [7, 11) is 0. The van der Waals surface area contributed by atoms with E-state index >= 15 is 0 Å². The zero-order valence-electron chi connectivity index (χ0n) is 9.61. The van der Waals surface area contributed by atoms with Crippen LogP contribution in [-0.2, 0) is 0 Å². The SMILES string of the molecule is Cc1ccc(NC(=O)N2CC[C@@H](O)C2)cc1F. The molecule has 0 saturated carbocycles. The van der Waals surface area contributed by atoms with Gasteiger partial charge in [0, 0.05) is 18.8 Å². The van der Waals surface area contributed by atoms with E-state index in [9.17, 15) is 14.3 Å². The molecule has 1 saturated heterocycles. The number of nitrogens with zero attached hydrogens (tertiary/aromatic N) is 1. The van der Waals surface area contributed by atoms with E-state index < -0.39 is 6.10 Å². The number of nitrogens with one attached hydrogen (secondary N) is 1. The normalized spacial score (nSPS) is 19.5. The number of aliphatic hydroxyl groups is 1. The summed E-state index contributed by atoms with van der Waals surface area (Å²) < 4.78 is 13.3. The molecule has 92 valence electrons. The highest BCUT2D eigenvalue weighted by Crippen LogP contribution is 2.15. The zero-order chi connectivity index (χ0) is 12.4. The highest BCUT2D eigenvalue weighted by Gasteiger charge is 2.24. The Morgan fingerprint density at radius 2 is 2.35 bits per heavy atom. The van der Waals surface area contributed by atoms with Crippen molar-refractivity contribution >= 4 is 11.7 Å². The molecule has 2 rings (SSSR count). The van der Waals surface area contributed by atoms with Crippen LogP contribution in [0.4, 0.5) is 14.9 Å². The molecule has 0 bridgehead atoms. The lowest BCUT2D eigenvalue weighted by atomic mass is 10.2. The summed E-state index contributed by atoms with van der Waals surface area (Å²) in [4.78, 5) is 13.3. The van der Waals surface area contributed by atoms with Crippen molar-refractivity contribution in [2.24, 2.45) is 0 Å². The van der Waals surface area contributed by atoms with Crippen LogP contribution < -0.4 is 5.32 Å². The maximum Gasteiger partial charge on any atom is 0.321 e. The summed E-state index contributed by atoms with van der Waals surface area (Å²) in [6.45, 7) is 2.53. The van der Waals surface area contributed by atoms with Gasteiger partial charge < -0.3 is 15.3 Å². The number of hydrogen-bond acceptors (Lipinski definition) is 2. The van der Waals surface area contributed by atoms with Crippen LogP contribution in [0.2, 0.25) is 0 Å². The van der Waals surface area contributed by atoms with Crippen LogP contribution >= 0.6 is 0 Å². The van der Waals surface area contributed by atoms with Gasteiger partial charge in [0.15, 0.2) is 0 Å². The first-order chi connectivity index (χ1) is 8.06. The third kappa shape index (κ3) is 2.74. The molecule has 1 heterocycles. The molecule has 1 aromatic carbocycles. The number of halogens is 1. The van der Waals surface area contributed by atoms with Crippen LogP contribution in [-0.4, -0.2) is 35.2 Å². The number of aliphatic hydroxyl groups excluding tert-OH is 1. The number of benzene rings is 1. The number of β-amino-alcohol motifs (C(OH)–C–C–N with tert-alkyl or cyclic N) is 1. The van der Waals surface area contributed by atoms with E-state index in [-0.39, 0.29) is 11.8 Å². The number of likely N-dealkylation sites (tertiary alicyclic amines) is 1. The van der Waals surface area contributed by atoms with Crippen LogP contribution in [0.3, 0.4) is 0 Å². The second-order valence-corrected chi connectivity index (χ2v) is 4.28. The number of urea groups is 1. The molecule has 1 aliphatic heterocycles. The molecule has 1 fully saturated rings. The molecular weight excluding hydrogens is 223 g/mol. The summed E-state index contributed by atoms with van der Waals surface area (Å²) in [5.41, 5.74) is 0.971. The van der Waals surface area contributed by atoms with Crippen molar-refractivity contribution in [2.75, 3.05) is 18.4 Å². The van der Waals surface area contributed by atoms with Crippen molar-refractivity contribution < 1.29 is 14.3 Å². The quantitative estimate of drug-likeness (QED) is 0.783. The number of rotatable bonds is 1. The van der Waals surface area contributed by atoms with Gasteiger partial charge in [-0.05, 0) is 31.0 Å². The first-order valence-corrected chi connectivity index (χ1v) is 5.56. The van der Waals surface area contributed by atoms with E-state index in [4.69, 9.17) is 0 Å². The zero-order valence-corrected chi connectivity index (χ0v) is 9.61. The number of anilines is 1. The van der Waals surface area contributed by atoms with Gasteiger partial charge in [-0.1, -0.05) is 6.07 Å². The van der Waals surface area contributed by atoms with Gasteiger partial charge >= 0.3 is 6.03 Å². The fourth-order valence-electron chi connectivity index (χ4n) is 1.80. The highest BCUT2D eigenvalue weighted by atomic mass is 19.1. The molecule has 0 aliphatic carbocycles. The van der Waals surface area contributed by atoms with Crippen molar-refractivity contribution in [3.8, 4) is 0 Å². The molecule has 1 atom stereocenters. The average molecular weight is 238 g/mol. The maximum absolute atomic E-state index is 13.3. The summed E-state index contributed by atoms with van der Waals surface area (Å²) in [5.74, 6) is -0.343. The Hall–Kier alpha value is -1.62. The number of aryl methyl sites for hydroxylation is 1. The second kappa shape index (κ2) is 4.71. The van der Waals surface area contributed by atoms with Crippen molar-refractivity contribution in [1.29, 1.82) is 0 Å². The number of hydrogen-bond donors (Lipinski definition) is 2. The van der Waals surface area contributed by atoms with Gasteiger partial charge in [0.2, 0.25) is 0 Å². The summed E-state index contributed by atoms with van der Waals surface area (Å²) in [6.07, 6.45) is 0.144. The highest BCUT2D eigenvalue weighted by molar-refractivity contribution is 5.89. The monoisotopic (exact) mass is 238 g/mol. The van der Waals surface area contributed by atoms with Gasteiger partial charge in [0.1, 0.15) is 5.82 Å². The lowest BCUT2D eigenvalue weighted by Crippen LogP contribution is -2.33. The Morgan fingerprint density at radius 3 is 2.94 bits per heavy atom. The van der Waals surface area contributed by atoms with E-state index in [1.165, 1.54) is 11.0 Å². The smallest absolute Gasteiger partial charge is 0.321 e. The third-order valence-corrected chi connectivity index (χ3v) is 2.87. The van der Waals surface area contributed by atoms with Gasteiger partial charge in [-0.3, -0.25) is 0 Å². The minimum absolute atomic E-state index is 0.301. The van der Waals surface area contributed by atoms with E-state index in [0.717, 1.165) is 0 Å².